The molecule has 3 nitrogen and oxygen atoms in total. The van der Waals surface area contributed by atoms with E-state index < -0.39 is 0 Å². The Hall–Kier alpha value is -1.53. The highest BCUT2D eigenvalue weighted by molar-refractivity contribution is 5.33. The Balaban J connectivity index is 2.54. The van der Waals surface area contributed by atoms with Gasteiger partial charge in [0.05, 0.1) is 18.1 Å². The summed E-state index contributed by atoms with van der Waals surface area (Å²) in [6.45, 7) is 8.27. The number of ether oxygens (including phenoxy) is 1. The van der Waals surface area contributed by atoms with Crippen LogP contribution in [0.4, 0.5) is 0 Å². The van der Waals surface area contributed by atoms with Gasteiger partial charge in [-0.3, -0.25) is 0 Å². The summed E-state index contributed by atoms with van der Waals surface area (Å²) in [5.74, 6) is 0.909. The van der Waals surface area contributed by atoms with Gasteiger partial charge in [0.25, 0.3) is 0 Å². The second-order valence-electron chi connectivity index (χ2n) is 4.98. The Morgan fingerprint density at radius 3 is 2.72 bits per heavy atom. The lowest BCUT2D eigenvalue weighted by molar-refractivity contribution is 0.262. The van der Waals surface area contributed by atoms with E-state index in [2.05, 4.69) is 24.4 Å². The first-order valence-electron chi connectivity index (χ1n) is 6.42. The monoisotopic (exact) mass is 246 g/mol. The molecule has 0 aliphatic rings. The summed E-state index contributed by atoms with van der Waals surface area (Å²) < 4.78 is 5.78. The summed E-state index contributed by atoms with van der Waals surface area (Å²) in [6, 6.07) is 10.3. The molecule has 0 aliphatic heterocycles. The van der Waals surface area contributed by atoms with Crippen molar-refractivity contribution in [2.75, 3.05) is 13.2 Å². The van der Waals surface area contributed by atoms with E-state index in [0.29, 0.717) is 6.61 Å². The van der Waals surface area contributed by atoms with Crippen LogP contribution in [0.1, 0.15) is 32.8 Å². The summed E-state index contributed by atoms with van der Waals surface area (Å²) in [5.41, 5.74) is 0.838. The molecule has 0 saturated carbocycles. The molecule has 0 bridgehead atoms. The molecule has 1 rings (SSSR count). The lowest BCUT2D eigenvalue weighted by atomic mass is 9.92. The van der Waals surface area contributed by atoms with E-state index in [-0.39, 0.29) is 5.41 Å². The summed E-state index contributed by atoms with van der Waals surface area (Å²) >= 11 is 0. The maximum Gasteiger partial charge on any atom is 0.123 e. The zero-order valence-corrected chi connectivity index (χ0v) is 11.5. The lowest BCUT2D eigenvalue weighted by Crippen LogP contribution is -2.15. The molecule has 0 atom stereocenters. The van der Waals surface area contributed by atoms with Crippen molar-refractivity contribution in [2.24, 2.45) is 5.41 Å². The first kappa shape index (κ1) is 14.5. The number of nitrogens with zero attached hydrogens (tertiary/aromatic N) is 1. The quantitative estimate of drug-likeness (QED) is 0.804. The van der Waals surface area contributed by atoms with Crippen molar-refractivity contribution < 1.29 is 4.74 Å². The highest BCUT2D eigenvalue weighted by Gasteiger charge is 2.16. The average Bonchev–Trinajstić information content (AvgIpc) is 2.37. The molecule has 3 heteroatoms. The van der Waals surface area contributed by atoms with Crippen molar-refractivity contribution in [3.63, 3.8) is 0 Å². The number of hydrogen-bond acceptors (Lipinski definition) is 3. The van der Waals surface area contributed by atoms with Gasteiger partial charge in [-0.2, -0.15) is 5.26 Å². The standard InChI is InChI=1S/C15H22N2O/c1-4-17-11-13-7-5-6-8-14(13)18-10-9-15(2,3)12-16/h5-8,17H,4,9-11H2,1-3H3. The number of para-hydroxylation sites is 1. The highest BCUT2D eigenvalue weighted by atomic mass is 16.5. The van der Waals surface area contributed by atoms with E-state index in [1.807, 2.05) is 32.0 Å². The van der Waals surface area contributed by atoms with Crippen LogP contribution in [0.3, 0.4) is 0 Å². The smallest absolute Gasteiger partial charge is 0.123 e. The molecule has 1 N–H and O–H groups in total. The number of rotatable bonds is 7. The van der Waals surface area contributed by atoms with Crippen molar-refractivity contribution in [3.05, 3.63) is 29.8 Å². The first-order valence-corrected chi connectivity index (χ1v) is 6.42. The molecule has 0 radical (unpaired) electrons. The van der Waals surface area contributed by atoms with Gasteiger partial charge < -0.3 is 10.1 Å². The van der Waals surface area contributed by atoms with Crippen LogP contribution in [-0.2, 0) is 6.54 Å². The number of nitriles is 1. The van der Waals surface area contributed by atoms with Gasteiger partial charge in [0.1, 0.15) is 5.75 Å². The van der Waals surface area contributed by atoms with E-state index in [1.54, 1.807) is 0 Å². The molecular formula is C15H22N2O. The molecule has 0 amide bonds. The fraction of sp³-hybridized carbons (Fsp3) is 0.533. The molecule has 0 spiro atoms. The van der Waals surface area contributed by atoms with Crippen LogP contribution in [0.2, 0.25) is 0 Å². The van der Waals surface area contributed by atoms with Crippen molar-refractivity contribution in [2.45, 2.75) is 33.7 Å². The zero-order valence-electron chi connectivity index (χ0n) is 11.5. The van der Waals surface area contributed by atoms with Gasteiger partial charge in [0, 0.05) is 12.1 Å². The van der Waals surface area contributed by atoms with E-state index >= 15 is 0 Å². The average molecular weight is 246 g/mol. The number of benzene rings is 1. The molecule has 98 valence electrons. The highest BCUT2D eigenvalue weighted by Crippen LogP contribution is 2.22. The molecule has 1 aromatic rings. The van der Waals surface area contributed by atoms with Crippen LogP contribution in [-0.4, -0.2) is 13.2 Å². The van der Waals surface area contributed by atoms with E-state index in [4.69, 9.17) is 10.00 Å². The second kappa shape index (κ2) is 7.03. The first-order chi connectivity index (χ1) is 8.59. The van der Waals surface area contributed by atoms with Crippen LogP contribution >= 0.6 is 0 Å². The third-order valence-corrected chi connectivity index (χ3v) is 2.83. The summed E-state index contributed by atoms with van der Waals surface area (Å²) in [5, 5.41) is 12.2. The molecule has 0 saturated heterocycles. The fourth-order valence-electron chi connectivity index (χ4n) is 1.52. The zero-order chi connectivity index (χ0) is 13.4. The molecule has 0 fully saturated rings. The fourth-order valence-corrected chi connectivity index (χ4v) is 1.52. The number of nitrogens with one attached hydrogen (secondary N) is 1. The minimum atomic E-state index is -0.323. The minimum Gasteiger partial charge on any atom is -0.493 e. The molecule has 18 heavy (non-hydrogen) atoms. The third kappa shape index (κ3) is 4.77. The van der Waals surface area contributed by atoms with Crippen molar-refractivity contribution >= 4 is 0 Å². The predicted octanol–water partition coefficient (Wildman–Crippen LogP) is 3.11. The van der Waals surface area contributed by atoms with E-state index in [1.165, 1.54) is 0 Å². The van der Waals surface area contributed by atoms with Gasteiger partial charge in [0.2, 0.25) is 0 Å². The SMILES string of the molecule is CCNCc1ccccc1OCCC(C)(C)C#N. The lowest BCUT2D eigenvalue weighted by Gasteiger charge is -2.17. The van der Waals surface area contributed by atoms with Gasteiger partial charge in [-0.25, -0.2) is 0 Å². The van der Waals surface area contributed by atoms with Crippen LogP contribution in [0.25, 0.3) is 0 Å². The Morgan fingerprint density at radius 2 is 2.06 bits per heavy atom. The Labute approximate surface area is 110 Å². The minimum absolute atomic E-state index is 0.323. The van der Waals surface area contributed by atoms with Crippen molar-refractivity contribution in [1.29, 1.82) is 5.26 Å². The normalized spacial score (nSPS) is 11.0. The summed E-state index contributed by atoms with van der Waals surface area (Å²) in [6.07, 6.45) is 0.735. The molecule has 0 aliphatic carbocycles. The van der Waals surface area contributed by atoms with Crippen molar-refractivity contribution in [1.82, 2.24) is 5.32 Å². The molecule has 0 heterocycles. The molecular weight excluding hydrogens is 224 g/mol. The van der Waals surface area contributed by atoms with Crippen LogP contribution in [0.15, 0.2) is 24.3 Å². The molecule has 0 aromatic heterocycles. The van der Waals surface area contributed by atoms with Gasteiger partial charge in [-0.05, 0) is 32.9 Å². The van der Waals surface area contributed by atoms with Gasteiger partial charge >= 0.3 is 0 Å². The largest absolute Gasteiger partial charge is 0.493 e. The van der Waals surface area contributed by atoms with E-state index in [0.717, 1.165) is 30.8 Å². The van der Waals surface area contributed by atoms with Crippen LogP contribution in [0, 0.1) is 16.7 Å². The molecule has 1 aromatic carbocycles. The van der Waals surface area contributed by atoms with Crippen molar-refractivity contribution in [3.8, 4) is 11.8 Å². The Bertz CT molecular complexity index is 407. The Kier molecular flexibility index (Phi) is 5.67. The molecule has 0 unspecified atom stereocenters. The third-order valence-electron chi connectivity index (χ3n) is 2.83. The van der Waals surface area contributed by atoms with Gasteiger partial charge in [-0.1, -0.05) is 25.1 Å². The van der Waals surface area contributed by atoms with Crippen LogP contribution in [0.5, 0.6) is 5.75 Å². The predicted molar refractivity (Wildman–Crippen MR) is 73.3 cm³/mol. The number of hydrogen-bond donors (Lipinski definition) is 1. The summed E-state index contributed by atoms with van der Waals surface area (Å²) in [4.78, 5) is 0. The topological polar surface area (TPSA) is 45.0 Å². The maximum absolute atomic E-state index is 8.95. The van der Waals surface area contributed by atoms with Crippen LogP contribution < -0.4 is 10.1 Å². The van der Waals surface area contributed by atoms with E-state index in [9.17, 15) is 0 Å². The Morgan fingerprint density at radius 1 is 1.33 bits per heavy atom. The second-order valence-corrected chi connectivity index (χ2v) is 4.98. The maximum atomic E-state index is 8.95. The van der Waals surface area contributed by atoms with Gasteiger partial charge in [-0.15, -0.1) is 0 Å². The van der Waals surface area contributed by atoms with Gasteiger partial charge in [0.15, 0.2) is 0 Å². The summed E-state index contributed by atoms with van der Waals surface area (Å²) in [7, 11) is 0.